The Kier molecular flexibility index (Phi) is 4.14. The molecule has 1 fully saturated rings. The second kappa shape index (κ2) is 5.82. The van der Waals surface area contributed by atoms with Crippen molar-refractivity contribution in [3.05, 3.63) is 18.2 Å². The molecule has 0 amide bonds. The molecule has 0 radical (unpaired) electrons. The van der Waals surface area contributed by atoms with Crippen molar-refractivity contribution in [3.8, 4) is 11.5 Å². The number of esters is 1. The lowest BCUT2D eigenvalue weighted by atomic mass is 9.82. The number of ether oxygens (including phenoxy) is 3. The molecule has 1 aliphatic carbocycles. The Morgan fingerprint density at radius 1 is 1.32 bits per heavy atom. The van der Waals surface area contributed by atoms with Crippen molar-refractivity contribution >= 4 is 11.7 Å². The van der Waals surface area contributed by atoms with Gasteiger partial charge < -0.3 is 19.9 Å². The Morgan fingerprint density at radius 2 is 2.00 bits per heavy atom. The summed E-state index contributed by atoms with van der Waals surface area (Å²) in [6.07, 6.45) is 1.42. The Labute approximate surface area is 112 Å². The van der Waals surface area contributed by atoms with E-state index in [9.17, 15) is 4.79 Å². The molecular weight excluding hydrogens is 246 g/mol. The molecule has 1 saturated carbocycles. The average molecular weight is 265 g/mol. The topological polar surface area (TPSA) is 70.8 Å². The summed E-state index contributed by atoms with van der Waals surface area (Å²) in [5.41, 5.74) is 6.34. The Hall–Kier alpha value is -1.91. The highest BCUT2D eigenvalue weighted by Crippen LogP contribution is 2.34. The fourth-order valence-corrected chi connectivity index (χ4v) is 2.09. The molecule has 1 aliphatic rings. The van der Waals surface area contributed by atoms with Gasteiger partial charge in [0.1, 0.15) is 17.6 Å². The van der Waals surface area contributed by atoms with E-state index in [0.29, 0.717) is 36.6 Å². The molecule has 0 bridgehead atoms. The monoisotopic (exact) mass is 265 g/mol. The maximum absolute atomic E-state index is 11.5. The number of carbonyl (C=O) groups is 1. The molecule has 104 valence electrons. The smallest absolute Gasteiger partial charge is 0.309 e. The second-order valence-electron chi connectivity index (χ2n) is 4.60. The van der Waals surface area contributed by atoms with E-state index in [0.717, 1.165) is 0 Å². The molecule has 1 aromatic rings. The van der Waals surface area contributed by atoms with Crippen molar-refractivity contribution in [1.82, 2.24) is 0 Å². The van der Waals surface area contributed by atoms with Gasteiger partial charge in [-0.3, -0.25) is 4.79 Å². The van der Waals surface area contributed by atoms with Gasteiger partial charge in [-0.1, -0.05) is 0 Å². The van der Waals surface area contributed by atoms with Crippen LogP contribution in [0, 0.1) is 5.92 Å². The SMILES string of the molecule is CCOC(=O)C1CC(Oc2cc(N)cc(OC)c2)C1. The summed E-state index contributed by atoms with van der Waals surface area (Å²) in [5, 5.41) is 0. The number of rotatable bonds is 5. The summed E-state index contributed by atoms with van der Waals surface area (Å²) in [6, 6.07) is 5.27. The quantitative estimate of drug-likeness (QED) is 0.651. The third-order valence-corrected chi connectivity index (χ3v) is 3.16. The van der Waals surface area contributed by atoms with Crippen molar-refractivity contribution in [2.75, 3.05) is 19.5 Å². The summed E-state index contributed by atoms with van der Waals surface area (Å²) < 4.78 is 15.9. The van der Waals surface area contributed by atoms with E-state index in [1.54, 1.807) is 25.3 Å². The first-order chi connectivity index (χ1) is 9.12. The van der Waals surface area contributed by atoms with Gasteiger partial charge in [0.25, 0.3) is 0 Å². The summed E-state index contributed by atoms with van der Waals surface area (Å²) in [7, 11) is 1.58. The summed E-state index contributed by atoms with van der Waals surface area (Å²) >= 11 is 0. The van der Waals surface area contributed by atoms with Gasteiger partial charge in [0.2, 0.25) is 0 Å². The van der Waals surface area contributed by atoms with E-state index in [1.165, 1.54) is 0 Å². The van der Waals surface area contributed by atoms with Gasteiger partial charge in [-0.25, -0.2) is 0 Å². The van der Waals surface area contributed by atoms with Crippen molar-refractivity contribution in [2.24, 2.45) is 5.92 Å². The van der Waals surface area contributed by atoms with Gasteiger partial charge in [-0.15, -0.1) is 0 Å². The predicted molar refractivity (Wildman–Crippen MR) is 71.2 cm³/mol. The van der Waals surface area contributed by atoms with Crippen LogP contribution in [0.3, 0.4) is 0 Å². The summed E-state index contributed by atoms with van der Waals surface area (Å²) in [5.74, 6) is 1.17. The van der Waals surface area contributed by atoms with E-state index < -0.39 is 0 Å². The Morgan fingerprint density at radius 3 is 2.63 bits per heavy atom. The van der Waals surface area contributed by atoms with Crippen molar-refractivity contribution < 1.29 is 19.0 Å². The van der Waals surface area contributed by atoms with E-state index in [-0.39, 0.29) is 18.0 Å². The Bertz CT molecular complexity index is 455. The highest BCUT2D eigenvalue weighted by atomic mass is 16.5. The molecular formula is C14H19NO4. The molecule has 2 N–H and O–H groups in total. The standard InChI is InChI=1S/C14H19NO4/c1-3-18-14(16)9-4-12(5-9)19-13-7-10(15)6-11(8-13)17-2/h6-9,12H,3-5,15H2,1-2H3. The van der Waals surface area contributed by atoms with Gasteiger partial charge in [0, 0.05) is 23.9 Å². The first kappa shape index (κ1) is 13.5. The minimum atomic E-state index is -0.132. The highest BCUT2D eigenvalue weighted by Gasteiger charge is 2.37. The van der Waals surface area contributed by atoms with E-state index in [4.69, 9.17) is 19.9 Å². The first-order valence-electron chi connectivity index (χ1n) is 6.40. The number of carbonyl (C=O) groups excluding carboxylic acids is 1. The van der Waals surface area contributed by atoms with E-state index in [2.05, 4.69) is 0 Å². The zero-order valence-corrected chi connectivity index (χ0v) is 11.2. The molecule has 2 rings (SSSR count). The van der Waals surface area contributed by atoms with Crippen LogP contribution in [-0.4, -0.2) is 25.8 Å². The molecule has 0 unspecified atom stereocenters. The minimum absolute atomic E-state index is 0.0343. The normalized spacial score (nSPS) is 21.4. The number of nitrogens with two attached hydrogens (primary N) is 1. The molecule has 0 atom stereocenters. The minimum Gasteiger partial charge on any atom is -0.497 e. The molecule has 5 heteroatoms. The lowest BCUT2D eigenvalue weighted by Gasteiger charge is -2.33. The maximum Gasteiger partial charge on any atom is 0.309 e. The third-order valence-electron chi connectivity index (χ3n) is 3.16. The number of anilines is 1. The zero-order chi connectivity index (χ0) is 13.8. The summed E-state index contributed by atoms with van der Waals surface area (Å²) in [6.45, 7) is 2.23. The van der Waals surface area contributed by atoms with E-state index >= 15 is 0 Å². The molecule has 0 spiro atoms. The Balaban J connectivity index is 1.87. The number of methoxy groups -OCH3 is 1. The van der Waals surface area contributed by atoms with Crippen molar-refractivity contribution in [2.45, 2.75) is 25.9 Å². The average Bonchev–Trinajstić information content (AvgIpc) is 2.32. The number of hydrogen-bond donors (Lipinski definition) is 1. The molecule has 0 aromatic heterocycles. The number of hydrogen-bond acceptors (Lipinski definition) is 5. The fourth-order valence-electron chi connectivity index (χ4n) is 2.09. The zero-order valence-electron chi connectivity index (χ0n) is 11.2. The van der Waals surface area contributed by atoms with Crippen LogP contribution >= 0.6 is 0 Å². The maximum atomic E-state index is 11.5. The first-order valence-corrected chi connectivity index (χ1v) is 6.40. The molecule has 0 aliphatic heterocycles. The van der Waals surface area contributed by atoms with Crippen LogP contribution in [0.2, 0.25) is 0 Å². The molecule has 1 aromatic carbocycles. The van der Waals surface area contributed by atoms with Gasteiger partial charge >= 0.3 is 5.97 Å². The molecule has 0 saturated heterocycles. The van der Waals surface area contributed by atoms with Crippen molar-refractivity contribution in [3.63, 3.8) is 0 Å². The second-order valence-corrected chi connectivity index (χ2v) is 4.60. The van der Waals surface area contributed by atoms with Crippen LogP contribution in [0.25, 0.3) is 0 Å². The highest BCUT2D eigenvalue weighted by molar-refractivity contribution is 5.73. The molecule has 5 nitrogen and oxygen atoms in total. The van der Waals surface area contributed by atoms with Crippen LogP contribution in [0.15, 0.2) is 18.2 Å². The predicted octanol–water partition coefficient (Wildman–Crippen LogP) is 2.00. The van der Waals surface area contributed by atoms with Gasteiger partial charge in [-0.05, 0) is 19.8 Å². The van der Waals surface area contributed by atoms with Crippen molar-refractivity contribution in [1.29, 1.82) is 0 Å². The third kappa shape index (κ3) is 3.30. The summed E-state index contributed by atoms with van der Waals surface area (Å²) in [4.78, 5) is 11.5. The molecule has 19 heavy (non-hydrogen) atoms. The van der Waals surface area contributed by atoms with Gasteiger partial charge in [-0.2, -0.15) is 0 Å². The number of nitrogen functional groups attached to an aromatic ring is 1. The molecule has 0 heterocycles. The van der Waals surface area contributed by atoms with Gasteiger partial charge in [0.15, 0.2) is 0 Å². The fraction of sp³-hybridized carbons (Fsp3) is 0.500. The van der Waals surface area contributed by atoms with Crippen LogP contribution < -0.4 is 15.2 Å². The van der Waals surface area contributed by atoms with Crippen LogP contribution in [0.5, 0.6) is 11.5 Å². The number of benzene rings is 1. The van der Waals surface area contributed by atoms with Crippen LogP contribution in [0.1, 0.15) is 19.8 Å². The lowest BCUT2D eigenvalue weighted by molar-refractivity contribution is -0.154. The van der Waals surface area contributed by atoms with Gasteiger partial charge in [0.05, 0.1) is 19.6 Å². The lowest BCUT2D eigenvalue weighted by Crippen LogP contribution is -2.39. The van der Waals surface area contributed by atoms with Crippen LogP contribution in [-0.2, 0) is 9.53 Å². The van der Waals surface area contributed by atoms with E-state index in [1.807, 2.05) is 6.92 Å². The van der Waals surface area contributed by atoms with Crippen LogP contribution in [0.4, 0.5) is 5.69 Å². The largest absolute Gasteiger partial charge is 0.497 e.